The van der Waals surface area contributed by atoms with Crippen molar-refractivity contribution < 1.29 is 9.53 Å². The molecule has 0 unspecified atom stereocenters. The SMILES string of the molecule is C/C=C(\OC1=CC=C(Br)CC=C1C=O)c1cc2sccc2cn1.CC. The van der Waals surface area contributed by atoms with E-state index in [9.17, 15) is 4.79 Å². The first-order chi connectivity index (χ1) is 12.2. The molecule has 25 heavy (non-hydrogen) atoms. The number of pyridine rings is 1. The van der Waals surface area contributed by atoms with Gasteiger partial charge in [0, 0.05) is 16.3 Å². The Bertz CT molecular complexity index is 875. The third-order valence-electron chi connectivity index (χ3n) is 3.42. The summed E-state index contributed by atoms with van der Waals surface area (Å²) >= 11 is 5.11. The third-order valence-corrected chi connectivity index (χ3v) is 4.88. The second-order valence-electron chi connectivity index (χ2n) is 4.91. The summed E-state index contributed by atoms with van der Waals surface area (Å²) in [6.07, 6.45) is 10.7. The Morgan fingerprint density at radius 3 is 2.88 bits per heavy atom. The van der Waals surface area contributed by atoms with Crippen molar-refractivity contribution in [1.29, 1.82) is 0 Å². The average Bonchev–Trinajstić information content (AvgIpc) is 3.05. The maximum Gasteiger partial charge on any atom is 0.153 e. The highest BCUT2D eigenvalue weighted by Crippen LogP contribution is 2.28. The molecule has 0 saturated carbocycles. The van der Waals surface area contributed by atoms with E-state index in [0.717, 1.165) is 26.5 Å². The van der Waals surface area contributed by atoms with E-state index < -0.39 is 0 Å². The van der Waals surface area contributed by atoms with Gasteiger partial charge in [-0.25, -0.2) is 0 Å². The summed E-state index contributed by atoms with van der Waals surface area (Å²) in [7, 11) is 0. The minimum atomic E-state index is 0.524. The van der Waals surface area contributed by atoms with Crippen LogP contribution in [-0.2, 0) is 9.53 Å². The minimum Gasteiger partial charge on any atom is -0.455 e. The van der Waals surface area contributed by atoms with Crippen molar-refractivity contribution in [2.45, 2.75) is 27.2 Å². The largest absolute Gasteiger partial charge is 0.455 e. The summed E-state index contributed by atoms with van der Waals surface area (Å²) in [5.74, 6) is 1.15. The number of ether oxygens (including phenoxy) is 1. The Labute approximate surface area is 160 Å². The number of carbonyl (C=O) groups excluding carboxylic acids is 1. The van der Waals surface area contributed by atoms with Gasteiger partial charge in [0.15, 0.2) is 6.29 Å². The average molecular weight is 418 g/mol. The van der Waals surface area contributed by atoms with Gasteiger partial charge in [-0.15, -0.1) is 11.3 Å². The van der Waals surface area contributed by atoms with Gasteiger partial charge in [-0.1, -0.05) is 35.9 Å². The standard InChI is InChI=1S/C18H14BrNO2S.C2H6/c1-2-16(15-9-18-12(10-20-15)7-8-23-18)22-17-6-5-14(19)4-3-13(17)11-21;1-2/h2-3,5-11H,4H2,1H3;1-2H3/b16-2-;. The van der Waals surface area contributed by atoms with Crippen molar-refractivity contribution in [3.8, 4) is 0 Å². The number of aromatic nitrogens is 1. The highest BCUT2D eigenvalue weighted by Gasteiger charge is 2.13. The molecule has 0 bridgehead atoms. The van der Waals surface area contributed by atoms with E-state index >= 15 is 0 Å². The summed E-state index contributed by atoms with van der Waals surface area (Å²) in [5.41, 5.74) is 1.29. The maximum absolute atomic E-state index is 11.3. The highest BCUT2D eigenvalue weighted by molar-refractivity contribution is 9.11. The van der Waals surface area contributed by atoms with E-state index in [0.29, 0.717) is 23.5 Å². The molecule has 1 aliphatic rings. The fourth-order valence-corrected chi connectivity index (χ4v) is 3.30. The van der Waals surface area contributed by atoms with Gasteiger partial charge in [-0.05, 0) is 53.6 Å². The van der Waals surface area contributed by atoms with Crippen LogP contribution in [0.15, 0.2) is 63.8 Å². The van der Waals surface area contributed by atoms with Crippen molar-refractivity contribution in [3.63, 3.8) is 0 Å². The first kappa shape index (κ1) is 19.3. The fraction of sp³-hybridized carbons (Fsp3) is 0.200. The summed E-state index contributed by atoms with van der Waals surface area (Å²) in [6, 6.07) is 4.04. The number of hydrogen-bond acceptors (Lipinski definition) is 4. The van der Waals surface area contributed by atoms with Crippen LogP contribution >= 0.6 is 27.3 Å². The first-order valence-corrected chi connectivity index (χ1v) is 9.78. The molecule has 0 aromatic carbocycles. The molecule has 2 aromatic rings. The number of rotatable bonds is 4. The van der Waals surface area contributed by atoms with E-state index in [-0.39, 0.29) is 0 Å². The first-order valence-electron chi connectivity index (χ1n) is 8.11. The smallest absolute Gasteiger partial charge is 0.153 e. The van der Waals surface area contributed by atoms with Crippen molar-refractivity contribution in [2.24, 2.45) is 0 Å². The summed E-state index contributed by atoms with van der Waals surface area (Å²) in [4.78, 5) is 15.8. The number of hydrogen-bond donors (Lipinski definition) is 0. The number of allylic oxidation sites excluding steroid dienone is 6. The molecule has 0 N–H and O–H groups in total. The lowest BCUT2D eigenvalue weighted by molar-refractivity contribution is -0.104. The van der Waals surface area contributed by atoms with Crippen LogP contribution in [0.4, 0.5) is 0 Å². The lowest BCUT2D eigenvalue weighted by Crippen LogP contribution is -1.99. The van der Waals surface area contributed by atoms with Crippen LogP contribution < -0.4 is 0 Å². The van der Waals surface area contributed by atoms with Crippen molar-refractivity contribution in [1.82, 2.24) is 4.98 Å². The fourth-order valence-electron chi connectivity index (χ4n) is 2.21. The molecule has 0 amide bonds. The topological polar surface area (TPSA) is 39.2 Å². The number of carbonyl (C=O) groups is 1. The number of thiophene rings is 1. The van der Waals surface area contributed by atoms with Crippen LogP contribution in [-0.4, -0.2) is 11.3 Å². The van der Waals surface area contributed by atoms with Crippen LogP contribution in [0.2, 0.25) is 0 Å². The molecule has 0 fully saturated rings. The van der Waals surface area contributed by atoms with Crippen LogP contribution in [0.3, 0.4) is 0 Å². The van der Waals surface area contributed by atoms with E-state index in [1.54, 1.807) is 17.4 Å². The van der Waals surface area contributed by atoms with Crippen molar-refractivity contribution in [3.05, 3.63) is 69.5 Å². The summed E-state index contributed by atoms with van der Waals surface area (Å²) in [6.45, 7) is 5.89. The minimum absolute atomic E-state index is 0.524. The number of aldehydes is 1. The van der Waals surface area contributed by atoms with E-state index in [4.69, 9.17) is 4.74 Å². The predicted molar refractivity (Wildman–Crippen MR) is 110 cm³/mol. The molecule has 2 heterocycles. The van der Waals surface area contributed by atoms with E-state index in [1.165, 1.54) is 0 Å². The number of fused-ring (bicyclic) bond motifs is 1. The van der Waals surface area contributed by atoms with Gasteiger partial charge >= 0.3 is 0 Å². The normalized spacial score (nSPS) is 14.6. The third kappa shape index (κ3) is 4.77. The zero-order chi connectivity index (χ0) is 18.2. The van der Waals surface area contributed by atoms with Gasteiger partial charge in [-0.2, -0.15) is 0 Å². The molecular formula is C20H20BrNO2S. The molecule has 1 aliphatic carbocycles. The Hall–Kier alpha value is -1.98. The van der Waals surface area contributed by atoms with E-state index in [2.05, 4.69) is 20.9 Å². The van der Waals surface area contributed by atoms with Gasteiger partial charge in [0.05, 0.1) is 5.57 Å². The van der Waals surface area contributed by atoms with Crippen LogP contribution in [0.5, 0.6) is 0 Å². The molecule has 0 spiro atoms. The van der Waals surface area contributed by atoms with Gasteiger partial charge in [0.2, 0.25) is 0 Å². The number of halogens is 1. The molecule has 0 atom stereocenters. The Morgan fingerprint density at radius 1 is 1.36 bits per heavy atom. The summed E-state index contributed by atoms with van der Waals surface area (Å²) < 4.78 is 8.13. The molecule has 0 saturated heterocycles. The second kappa shape index (κ2) is 9.49. The number of nitrogens with zero attached hydrogens (tertiary/aromatic N) is 1. The lowest BCUT2D eigenvalue weighted by atomic mass is 10.2. The quantitative estimate of drug-likeness (QED) is 0.427. The second-order valence-corrected chi connectivity index (χ2v) is 6.88. The summed E-state index contributed by atoms with van der Waals surface area (Å²) in [5, 5.41) is 3.15. The van der Waals surface area contributed by atoms with Crippen LogP contribution in [0.25, 0.3) is 15.8 Å². The zero-order valence-electron chi connectivity index (χ0n) is 14.5. The monoisotopic (exact) mass is 417 g/mol. The lowest BCUT2D eigenvalue weighted by Gasteiger charge is -2.12. The molecule has 0 aliphatic heterocycles. The maximum atomic E-state index is 11.3. The molecule has 3 rings (SSSR count). The molecule has 2 aromatic heterocycles. The molecule has 0 radical (unpaired) electrons. The molecule has 3 nitrogen and oxygen atoms in total. The molecule has 130 valence electrons. The van der Waals surface area contributed by atoms with Crippen molar-refractivity contribution >= 4 is 49.4 Å². The Morgan fingerprint density at radius 2 is 2.16 bits per heavy atom. The van der Waals surface area contributed by atoms with E-state index in [1.807, 2.05) is 62.7 Å². The highest BCUT2D eigenvalue weighted by atomic mass is 79.9. The van der Waals surface area contributed by atoms with Crippen LogP contribution in [0, 0.1) is 0 Å². The van der Waals surface area contributed by atoms with Gasteiger partial charge in [0.25, 0.3) is 0 Å². The molecular weight excluding hydrogens is 398 g/mol. The molecule has 5 heteroatoms. The van der Waals surface area contributed by atoms with Gasteiger partial charge in [0.1, 0.15) is 17.2 Å². The zero-order valence-corrected chi connectivity index (χ0v) is 16.9. The Balaban J connectivity index is 0.00000109. The van der Waals surface area contributed by atoms with Gasteiger partial charge in [-0.3, -0.25) is 9.78 Å². The predicted octanol–water partition coefficient (Wildman–Crippen LogP) is 6.39. The van der Waals surface area contributed by atoms with Crippen LogP contribution in [0.1, 0.15) is 32.9 Å². The van der Waals surface area contributed by atoms with Gasteiger partial charge < -0.3 is 4.74 Å². The van der Waals surface area contributed by atoms with Crippen molar-refractivity contribution in [2.75, 3.05) is 0 Å². The Kier molecular flexibility index (Phi) is 7.34.